The van der Waals surface area contributed by atoms with Gasteiger partial charge in [-0.25, -0.2) is 5.43 Å². The topological polar surface area (TPSA) is 88.6 Å². The van der Waals surface area contributed by atoms with Crippen LogP contribution in [0.15, 0.2) is 58.1 Å². The van der Waals surface area contributed by atoms with Crippen LogP contribution in [-0.2, 0) is 0 Å². The molecule has 7 nitrogen and oxygen atoms in total. The number of ether oxygens (including phenoxy) is 2. The van der Waals surface area contributed by atoms with Crippen LogP contribution in [0.25, 0.3) is 11.3 Å². The van der Waals surface area contributed by atoms with Crippen LogP contribution in [0.3, 0.4) is 0 Å². The third-order valence-corrected chi connectivity index (χ3v) is 4.29. The zero-order valence-electron chi connectivity index (χ0n) is 14.7. The van der Waals surface area contributed by atoms with Crippen LogP contribution >= 0.6 is 15.9 Å². The van der Waals surface area contributed by atoms with Gasteiger partial charge in [0.15, 0.2) is 0 Å². The molecule has 27 heavy (non-hydrogen) atoms. The smallest absolute Gasteiger partial charge is 0.289 e. The molecule has 0 atom stereocenters. The highest BCUT2D eigenvalue weighted by molar-refractivity contribution is 9.10. The summed E-state index contributed by atoms with van der Waals surface area (Å²) in [5.74, 6) is 0.877. The number of aromatic amines is 1. The Morgan fingerprint density at radius 1 is 1.15 bits per heavy atom. The second-order valence-corrected chi connectivity index (χ2v) is 6.40. The minimum absolute atomic E-state index is 0.288. The molecule has 0 saturated carbocycles. The summed E-state index contributed by atoms with van der Waals surface area (Å²) in [5, 5.41) is 10.9. The van der Waals surface area contributed by atoms with E-state index in [1.54, 1.807) is 38.6 Å². The molecule has 0 saturated heterocycles. The summed E-state index contributed by atoms with van der Waals surface area (Å²) >= 11 is 3.37. The first-order valence-corrected chi connectivity index (χ1v) is 8.77. The number of H-pyrrole nitrogens is 1. The van der Waals surface area contributed by atoms with Crippen LogP contribution in [0.5, 0.6) is 11.5 Å². The number of carbonyl (C=O) groups is 1. The third-order valence-electron chi connectivity index (χ3n) is 3.76. The summed E-state index contributed by atoms with van der Waals surface area (Å²) in [6.07, 6.45) is 1.56. The van der Waals surface area contributed by atoms with Crippen molar-refractivity contribution in [2.45, 2.75) is 0 Å². The monoisotopic (exact) mass is 428 g/mol. The van der Waals surface area contributed by atoms with Gasteiger partial charge in [0.05, 0.1) is 26.1 Å². The number of nitrogens with one attached hydrogen (secondary N) is 2. The molecule has 138 valence electrons. The molecular formula is C19H17BrN4O3. The van der Waals surface area contributed by atoms with Crippen molar-refractivity contribution < 1.29 is 14.3 Å². The van der Waals surface area contributed by atoms with Crippen LogP contribution in [0.4, 0.5) is 0 Å². The van der Waals surface area contributed by atoms with E-state index < -0.39 is 5.91 Å². The SMILES string of the molecule is COc1ccc(-c2cc(C(=O)N/N=C\c3ccc(Br)cc3)[nH]n2)c(OC)c1. The van der Waals surface area contributed by atoms with Crippen LogP contribution in [0, 0.1) is 0 Å². The van der Waals surface area contributed by atoms with Gasteiger partial charge in [-0.05, 0) is 35.9 Å². The van der Waals surface area contributed by atoms with E-state index in [2.05, 4.69) is 36.7 Å². The molecule has 0 fully saturated rings. The van der Waals surface area contributed by atoms with Gasteiger partial charge in [-0.15, -0.1) is 0 Å². The number of aromatic nitrogens is 2. The van der Waals surface area contributed by atoms with Crippen LogP contribution in [0.2, 0.25) is 0 Å². The Morgan fingerprint density at radius 3 is 2.63 bits per heavy atom. The molecule has 1 amide bonds. The van der Waals surface area contributed by atoms with E-state index in [-0.39, 0.29) is 5.69 Å². The van der Waals surface area contributed by atoms with Gasteiger partial charge >= 0.3 is 0 Å². The second-order valence-electron chi connectivity index (χ2n) is 5.48. The summed E-state index contributed by atoms with van der Waals surface area (Å²) in [6.45, 7) is 0. The largest absolute Gasteiger partial charge is 0.497 e. The van der Waals surface area contributed by atoms with Crippen molar-refractivity contribution in [2.75, 3.05) is 14.2 Å². The number of halogens is 1. The summed E-state index contributed by atoms with van der Waals surface area (Å²) in [7, 11) is 3.15. The minimum Gasteiger partial charge on any atom is -0.497 e. The molecule has 0 radical (unpaired) electrons. The quantitative estimate of drug-likeness (QED) is 0.463. The predicted molar refractivity (Wildman–Crippen MR) is 106 cm³/mol. The zero-order valence-corrected chi connectivity index (χ0v) is 16.3. The van der Waals surface area contributed by atoms with E-state index in [1.165, 1.54) is 0 Å². The lowest BCUT2D eigenvalue weighted by molar-refractivity contribution is 0.0950. The number of methoxy groups -OCH3 is 2. The lowest BCUT2D eigenvalue weighted by Crippen LogP contribution is -2.17. The second kappa shape index (κ2) is 8.50. The van der Waals surface area contributed by atoms with E-state index in [0.29, 0.717) is 17.2 Å². The Hall–Kier alpha value is -3.13. The lowest BCUT2D eigenvalue weighted by atomic mass is 10.1. The number of hydrazone groups is 1. The molecule has 3 rings (SSSR count). The van der Waals surface area contributed by atoms with Gasteiger partial charge < -0.3 is 9.47 Å². The highest BCUT2D eigenvalue weighted by Gasteiger charge is 2.14. The minimum atomic E-state index is -0.394. The lowest BCUT2D eigenvalue weighted by Gasteiger charge is -2.08. The zero-order chi connectivity index (χ0) is 19.2. The van der Waals surface area contributed by atoms with Crippen molar-refractivity contribution in [2.24, 2.45) is 5.10 Å². The maximum atomic E-state index is 12.2. The molecule has 1 heterocycles. The Morgan fingerprint density at radius 2 is 1.93 bits per heavy atom. The average molecular weight is 429 g/mol. The van der Waals surface area contributed by atoms with Crippen molar-refractivity contribution in [1.82, 2.24) is 15.6 Å². The molecule has 2 aromatic carbocycles. The number of benzene rings is 2. The molecule has 0 aliphatic carbocycles. The summed E-state index contributed by atoms with van der Waals surface area (Å²) < 4.78 is 11.5. The van der Waals surface area contributed by atoms with Crippen LogP contribution in [-0.4, -0.2) is 36.5 Å². The molecule has 0 bridgehead atoms. The maximum Gasteiger partial charge on any atom is 0.289 e. The van der Waals surface area contributed by atoms with E-state index in [0.717, 1.165) is 15.6 Å². The molecule has 0 aliphatic rings. The van der Waals surface area contributed by atoms with Gasteiger partial charge in [-0.2, -0.15) is 10.2 Å². The molecule has 1 aromatic heterocycles. The molecule has 0 spiro atoms. The van der Waals surface area contributed by atoms with Gasteiger partial charge in [-0.1, -0.05) is 28.1 Å². The van der Waals surface area contributed by atoms with Gasteiger partial charge in [0.2, 0.25) is 0 Å². The third kappa shape index (κ3) is 4.53. The van der Waals surface area contributed by atoms with Crippen molar-refractivity contribution in [3.63, 3.8) is 0 Å². The fourth-order valence-corrected chi connectivity index (χ4v) is 2.62. The molecule has 3 aromatic rings. The Bertz CT molecular complexity index is 967. The molecular weight excluding hydrogens is 412 g/mol. The van der Waals surface area contributed by atoms with Crippen molar-refractivity contribution in [3.8, 4) is 22.8 Å². The fraction of sp³-hybridized carbons (Fsp3) is 0.105. The average Bonchev–Trinajstić information content (AvgIpc) is 3.19. The van der Waals surface area contributed by atoms with E-state index in [9.17, 15) is 4.79 Å². The first-order valence-electron chi connectivity index (χ1n) is 7.97. The van der Waals surface area contributed by atoms with Crippen molar-refractivity contribution in [3.05, 3.63) is 64.3 Å². The van der Waals surface area contributed by atoms with Crippen LogP contribution < -0.4 is 14.9 Å². The van der Waals surface area contributed by atoms with Gasteiger partial charge in [-0.3, -0.25) is 9.89 Å². The first-order chi connectivity index (χ1) is 13.1. The first kappa shape index (κ1) is 18.7. The van der Waals surface area contributed by atoms with Gasteiger partial charge in [0, 0.05) is 16.1 Å². The highest BCUT2D eigenvalue weighted by Crippen LogP contribution is 2.32. The predicted octanol–water partition coefficient (Wildman–Crippen LogP) is 3.62. The molecule has 2 N–H and O–H groups in total. The van der Waals surface area contributed by atoms with Crippen molar-refractivity contribution in [1.29, 1.82) is 0 Å². The summed E-state index contributed by atoms with van der Waals surface area (Å²) in [6, 6.07) is 14.6. The number of amides is 1. The summed E-state index contributed by atoms with van der Waals surface area (Å²) in [4.78, 5) is 12.2. The number of hydrogen-bond acceptors (Lipinski definition) is 5. The standard InChI is InChI=1S/C19H17BrN4O3/c1-26-14-7-8-15(18(9-14)27-2)16-10-17(23-22-16)19(25)24-21-11-12-3-5-13(20)6-4-12/h3-11H,1-2H3,(H,22,23)(H,24,25)/b21-11-. The van der Waals surface area contributed by atoms with Crippen molar-refractivity contribution >= 4 is 28.1 Å². The van der Waals surface area contributed by atoms with Gasteiger partial charge in [0.1, 0.15) is 17.2 Å². The van der Waals surface area contributed by atoms with E-state index in [1.807, 2.05) is 30.3 Å². The normalized spacial score (nSPS) is 10.8. The molecule has 0 unspecified atom stereocenters. The number of carbonyl (C=O) groups excluding carboxylic acids is 1. The van der Waals surface area contributed by atoms with E-state index in [4.69, 9.17) is 9.47 Å². The summed E-state index contributed by atoms with van der Waals surface area (Å²) in [5.41, 5.74) is 4.95. The number of nitrogens with zero attached hydrogens (tertiary/aromatic N) is 2. The Kier molecular flexibility index (Phi) is 5.87. The van der Waals surface area contributed by atoms with Gasteiger partial charge in [0.25, 0.3) is 5.91 Å². The maximum absolute atomic E-state index is 12.2. The Labute approximate surface area is 164 Å². The number of rotatable bonds is 6. The van der Waals surface area contributed by atoms with Crippen LogP contribution in [0.1, 0.15) is 16.1 Å². The molecule has 0 aliphatic heterocycles. The fourth-order valence-electron chi connectivity index (χ4n) is 2.36. The van der Waals surface area contributed by atoms with E-state index >= 15 is 0 Å². The molecule has 8 heteroatoms. The number of hydrogen-bond donors (Lipinski definition) is 2. The highest BCUT2D eigenvalue weighted by atomic mass is 79.9. The Balaban J connectivity index is 1.71.